The number of hydrogen-bond donors (Lipinski definition) is 19. The summed E-state index contributed by atoms with van der Waals surface area (Å²) < 4.78 is 51.6. The van der Waals surface area contributed by atoms with Gasteiger partial charge in [0, 0.05) is 20.3 Å². The topological polar surface area (TPSA) is 502 Å². The minimum atomic E-state index is -3.32. The number of amides is 2. The molecule has 0 saturated carbocycles. The van der Waals surface area contributed by atoms with Crippen LogP contribution in [0, 0.1) is 0 Å². The second kappa shape index (κ2) is 23.8. The molecule has 68 heavy (non-hydrogen) atoms. The van der Waals surface area contributed by atoms with Crippen LogP contribution >= 0.6 is 0 Å². The molecule has 394 valence electrons. The van der Waals surface area contributed by atoms with E-state index >= 15 is 0 Å². The van der Waals surface area contributed by atoms with E-state index in [9.17, 15) is 101 Å². The van der Waals surface area contributed by atoms with Crippen molar-refractivity contribution in [2.24, 2.45) is 0 Å². The lowest BCUT2D eigenvalue weighted by atomic mass is 9.88. The molecule has 19 N–H and O–H groups in total. The van der Waals surface area contributed by atoms with E-state index in [1.807, 2.05) is 0 Å². The maximum Gasteiger partial charge on any atom is 0.364 e. The molecule has 5 rings (SSSR count). The quantitative estimate of drug-likeness (QED) is 0.0606. The first kappa shape index (κ1) is 56.3. The first-order valence-electron chi connectivity index (χ1n) is 21.2. The Morgan fingerprint density at radius 3 is 1.63 bits per heavy atom. The number of aliphatic hydroxyl groups excluding tert-OH is 16. The van der Waals surface area contributed by atoms with Gasteiger partial charge in [-0.3, -0.25) is 9.59 Å². The van der Waals surface area contributed by atoms with Crippen LogP contribution in [-0.4, -0.2) is 297 Å². The van der Waals surface area contributed by atoms with Crippen LogP contribution in [0.4, 0.5) is 0 Å². The monoisotopic (exact) mass is 998 g/mol. The van der Waals surface area contributed by atoms with Gasteiger partial charge in [0.15, 0.2) is 25.2 Å². The molecular weight excluding hydrogens is 936 g/mol. The molecule has 5 aliphatic heterocycles. The van der Waals surface area contributed by atoms with Crippen LogP contribution in [0.2, 0.25) is 0 Å². The molecule has 2 amide bonds. The fraction of sp³-hybridized carbons (Fsp3) is 0.919. The van der Waals surface area contributed by atoms with Gasteiger partial charge in [0.2, 0.25) is 11.8 Å². The van der Waals surface area contributed by atoms with Crippen LogP contribution in [-0.2, 0) is 57.0 Å². The lowest BCUT2D eigenvalue weighted by molar-refractivity contribution is -0.402. The Morgan fingerprint density at radius 1 is 0.574 bits per heavy atom. The Kier molecular flexibility index (Phi) is 19.7. The molecular formula is C37H62N2O29. The third-order valence-electron chi connectivity index (χ3n) is 12.1. The number of aliphatic hydroxyl groups is 16. The Labute approximate surface area is 384 Å². The van der Waals surface area contributed by atoms with Crippen LogP contribution in [0.1, 0.15) is 20.3 Å². The third-order valence-corrected chi connectivity index (χ3v) is 12.1. The van der Waals surface area contributed by atoms with Crippen molar-refractivity contribution in [1.82, 2.24) is 10.6 Å². The van der Waals surface area contributed by atoms with E-state index in [1.165, 1.54) is 0 Å². The maximum absolute atomic E-state index is 13.4. The molecule has 5 heterocycles. The zero-order chi connectivity index (χ0) is 50.7. The van der Waals surface area contributed by atoms with E-state index in [2.05, 4.69) is 10.6 Å². The molecule has 5 saturated heterocycles. The second-order valence-electron chi connectivity index (χ2n) is 16.8. The van der Waals surface area contributed by atoms with E-state index in [0.29, 0.717) is 0 Å². The van der Waals surface area contributed by atoms with Gasteiger partial charge in [0.25, 0.3) is 5.79 Å². The van der Waals surface area contributed by atoms with Gasteiger partial charge in [-0.1, -0.05) is 0 Å². The summed E-state index contributed by atoms with van der Waals surface area (Å²) >= 11 is 0. The average Bonchev–Trinajstić information content (AvgIpc) is 3.29. The molecule has 0 aromatic heterocycles. The summed E-state index contributed by atoms with van der Waals surface area (Å²) in [5.74, 6) is -7.24. The van der Waals surface area contributed by atoms with Gasteiger partial charge in [-0.2, -0.15) is 0 Å². The Bertz CT molecular complexity index is 1650. The van der Waals surface area contributed by atoms with Crippen LogP contribution in [0.5, 0.6) is 0 Å². The highest BCUT2D eigenvalue weighted by atomic mass is 16.8. The number of nitrogens with one attached hydrogen (secondary N) is 2. The lowest BCUT2D eigenvalue weighted by Gasteiger charge is -2.52. The highest BCUT2D eigenvalue weighted by Crippen LogP contribution is 2.40. The molecule has 26 atom stereocenters. The summed E-state index contributed by atoms with van der Waals surface area (Å²) in [6.45, 7) is -3.48. The smallest absolute Gasteiger partial charge is 0.364 e. The summed E-state index contributed by atoms with van der Waals surface area (Å²) in [6, 6.07) is -3.59. The first-order chi connectivity index (χ1) is 32.0. The average molecular weight is 999 g/mol. The zero-order valence-corrected chi connectivity index (χ0v) is 36.2. The van der Waals surface area contributed by atoms with Crippen molar-refractivity contribution in [2.45, 2.75) is 179 Å². The van der Waals surface area contributed by atoms with Crippen molar-refractivity contribution in [1.29, 1.82) is 0 Å². The SMILES string of the molecule is CC(=O)NC1C(O[C@@H]2OC(CO)[C@H](O)C(O)C2O)[C@@H](O)C(CO)O[C@H]1O[C@H]1C(CO)O[C@@H](O[C@H]2C(CO)O[C@@H](O)C(O)C2O)C(O)C1O[C@]1(C(=O)O)C[C@H](O)[C@@H](NC(C)=O)[C@H]([C@H](O)[C@H](O)CO)O1. The maximum atomic E-state index is 13.4. The normalized spacial score (nSPS) is 46.6. The van der Waals surface area contributed by atoms with E-state index in [0.717, 1.165) is 13.8 Å². The van der Waals surface area contributed by atoms with Gasteiger partial charge in [-0.25, -0.2) is 4.79 Å². The standard InChI is InChI=1S/C37H62N2O29/c1-9(45)38-17-11(47)3-37(36(58)59,67-30(17)19(49)12(48)4-40)68-31-26(56)35(64-27-15(7-43)60-32(57)24(54)23(27)53)63-16(8-44)28(31)65-33-18(39-10(2)46)29(21(51)14(6-42)61-33)66-34-25(55)22(52)20(50)13(5-41)62-34/h11-35,40-44,47-57H,3-8H2,1-2H3,(H,38,45)(H,39,46)(H,58,59)/t11-,12+,13?,14?,15?,16?,17+,18?,19+,20-,21-,22?,23?,24?,25?,26?,27-,28-,29?,30+,31?,32+,33-,34-,35-,37-/m0/s1. The van der Waals surface area contributed by atoms with Crippen LogP contribution in [0.3, 0.4) is 0 Å². The van der Waals surface area contributed by atoms with Gasteiger partial charge < -0.3 is 140 Å². The third kappa shape index (κ3) is 11.8. The molecule has 0 aliphatic carbocycles. The highest BCUT2D eigenvalue weighted by molar-refractivity contribution is 5.76. The number of carboxylic acid groups (broad SMARTS) is 1. The van der Waals surface area contributed by atoms with Gasteiger partial charge in [-0.15, -0.1) is 0 Å². The fourth-order valence-electron chi connectivity index (χ4n) is 8.53. The molecule has 31 nitrogen and oxygen atoms in total. The van der Waals surface area contributed by atoms with Crippen molar-refractivity contribution < 1.29 is 144 Å². The van der Waals surface area contributed by atoms with Crippen molar-refractivity contribution >= 4 is 17.8 Å². The van der Waals surface area contributed by atoms with Crippen LogP contribution in [0.15, 0.2) is 0 Å². The van der Waals surface area contributed by atoms with E-state index < -0.39 is 216 Å². The summed E-state index contributed by atoms with van der Waals surface area (Å²) in [6.07, 6.45) is -48.5. The van der Waals surface area contributed by atoms with E-state index in [4.69, 9.17) is 42.6 Å². The van der Waals surface area contributed by atoms with Crippen molar-refractivity contribution in [2.75, 3.05) is 33.0 Å². The van der Waals surface area contributed by atoms with Gasteiger partial charge in [0.05, 0.1) is 45.2 Å². The number of carbonyl (C=O) groups excluding carboxylic acids is 2. The van der Waals surface area contributed by atoms with Gasteiger partial charge >= 0.3 is 5.97 Å². The number of carboxylic acids is 1. The molecule has 5 aliphatic rings. The summed E-state index contributed by atoms with van der Waals surface area (Å²) in [5, 5.41) is 185. The summed E-state index contributed by atoms with van der Waals surface area (Å²) in [7, 11) is 0. The minimum absolute atomic E-state index is 0.856. The molecule has 0 aromatic rings. The molecule has 0 radical (unpaired) electrons. The first-order valence-corrected chi connectivity index (χ1v) is 21.2. The van der Waals surface area contributed by atoms with Crippen LogP contribution in [0.25, 0.3) is 0 Å². The summed E-state index contributed by atoms with van der Waals surface area (Å²) in [5.41, 5.74) is 0. The largest absolute Gasteiger partial charge is 0.477 e. The second-order valence-corrected chi connectivity index (χ2v) is 16.8. The van der Waals surface area contributed by atoms with Crippen molar-refractivity contribution in [3.8, 4) is 0 Å². The van der Waals surface area contributed by atoms with E-state index in [-0.39, 0.29) is 0 Å². The van der Waals surface area contributed by atoms with E-state index in [1.54, 1.807) is 0 Å². The molecule has 0 aromatic carbocycles. The minimum Gasteiger partial charge on any atom is -0.477 e. The number of hydrogen-bond acceptors (Lipinski definition) is 28. The summed E-state index contributed by atoms with van der Waals surface area (Å²) in [4.78, 5) is 38.3. The number of rotatable bonds is 18. The molecule has 12 unspecified atom stereocenters. The predicted octanol–water partition coefficient (Wildman–Crippen LogP) is -12.4. The van der Waals surface area contributed by atoms with Crippen LogP contribution < -0.4 is 10.6 Å². The number of ether oxygens (including phenoxy) is 9. The molecule has 31 heteroatoms. The van der Waals surface area contributed by atoms with Gasteiger partial charge in [-0.05, 0) is 0 Å². The molecule has 5 fully saturated rings. The Hall–Kier alpha value is -2.59. The zero-order valence-electron chi connectivity index (χ0n) is 36.2. The highest BCUT2D eigenvalue weighted by Gasteiger charge is 2.62. The van der Waals surface area contributed by atoms with Crippen molar-refractivity contribution in [3.05, 3.63) is 0 Å². The van der Waals surface area contributed by atoms with Crippen molar-refractivity contribution in [3.63, 3.8) is 0 Å². The number of carbonyl (C=O) groups is 3. The fourth-order valence-corrected chi connectivity index (χ4v) is 8.53. The Morgan fingerprint density at radius 2 is 1.07 bits per heavy atom. The van der Waals surface area contributed by atoms with Gasteiger partial charge in [0.1, 0.15) is 116 Å². The Balaban J connectivity index is 1.61. The number of aliphatic carboxylic acids is 1. The molecule has 0 spiro atoms. The lowest BCUT2D eigenvalue weighted by Crippen LogP contribution is -2.72. The predicted molar refractivity (Wildman–Crippen MR) is 207 cm³/mol. The molecule has 0 bridgehead atoms.